The van der Waals surface area contributed by atoms with Gasteiger partial charge >= 0.3 is 0 Å². The van der Waals surface area contributed by atoms with Gasteiger partial charge in [0.15, 0.2) is 5.82 Å². The molecular weight excluding hydrogens is 853 g/mol. The van der Waals surface area contributed by atoms with Crippen molar-refractivity contribution in [2.24, 2.45) is 0 Å². The predicted octanol–water partition coefficient (Wildman–Crippen LogP) is 16.2. The van der Waals surface area contributed by atoms with E-state index in [1.165, 1.54) is 43.1 Å². The lowest BCUT2D eigenvalue weighted by Gasteiger charge is -2.19. The number of aromatic nitrogens is 6. The number of hydrogen-bond donors (Lipinski definition) is 0. The van der Waals surface area contributed by atoms with Crippen molar-refractivity contribution in [2.45, 2.75) is 0 Å². The topological polar surface area (TPSA) is 45.5 Å². The van der Waals surface area contributed by atoms with Crippen molar-refractivity contribution in [3.05, 3.63) is 243 Å². The van der Waals surface area contributed by atoms with Crippen LogP contribution in [0.4, 0.5) is 0 Å². The normalized spacial score (nSPS) is 12.0. The minimum Gasteiger partial charge on any atom is -0.309 e. The molecule has 0 spiro atoms. The zero-order valence-electron chi connectivity index (χ0n) is 37.8. The summed E-state index contributed by atoms with van der Waals surface area (Å²) in [4.78, 5) is 11.6. The molecular formula is C64H40N6. The Morgan fingerprint density at radius 3 is 1.09 bits per heavy atom. The lowest BCUT2D eigenvalue weighted by atomic mass is 9.95. The first kappa shape index (κ1) is 38.6. The third-order valence-electron chi connectivity index (χ3n) is 14.4. The summed E-state index contributed by atoms with van der Waals surface area (Å²) in [5, 5.41) is 9.44. The third kappa shape index (κ3) is 5.56. The molecule has 70 heavy (non-hydrogen) atoms. The summed E-state index contributed by atoms with van der Waals surface area (Å²) in [5.41, 5.74) is 14.0. The molecule has 0 saturated heterocycles. The van der Waals surface area contributed by atoms with Crippen molar-refractivity contribution >= 4 is 87.2 Å². The van der Waals surface area contributed by atoms with Gasteiger partial charge in [-0.15, -0.1) is 0 Å². The van der Waals surface area contributed by atoms with Crippen LogP contribution in [0.5, 0.6) is 0 Å². The Labute approximate surface area is 401 Å². The molecule has 0 amide bonds. The molecule has 326 valence electrons. The molecule has 0 atom stereocenters. The fourth-order valence-electron chi connectivity index (χ4n) is 11.5. The van der Waals surface area contributed by atoms with E-state index >= 15 is 0 Å². The van der Waals surface area contributed by atoms with Gasteiger partial charge in [-0.1, -0.05) is 164 Å². The third-order valence-corrected chi connectivity index (χ3v) is 14.4. The Morgan fingerprint density at radius 2 is 0.629 bits per heavy atom. The summed E-state index contributed by atoms with van der Waals surface area (Å²) < 4.78 is 9.43. The average molecular weight is 893 g/mol. The van der Waals surface area contributed by atoms with E-state index in [9.17, 15) is 0 Å². The Balaban J connectivity index is 1.10. The number of nitrogens with zero attached hydrogens (tertiary/aromatic N) is 6. The van der Waals surface area contributed by atoms with Gasteiger partial charge in [-0.2, -0.15) is 0 Å². The first-order valence-corrected chi connectivity index (χ1v) is 23.8. The molecule has 0 aliphatic heterocycles. The molecule has 6 heteroatoms. The fourth-order valence-corrected chi connectivity index (χ4v) is 11.5. The van der Waals surface area contributed by atoms with Crippen LogP contribution >= 0.6 is 0 Å². The number of rotatable bonds is 6. The average Bonchev–Trinajstić information content (AvgIpc) is 4.16. The molecule has 0 aliphatic carbocycles. The molecule has 0 fully saturated rings. The molecule has 0 N–H and O–H groups in total. The summed E-state index contributed by atoms with van der Waals surface area (Å²) in [6.45, 7) is 0. The highest BCUT2D eigenvalue weighted by atomic mass is 15.2. The Hall–Kier alpha value is -9.52. The van der Waals surface area contributed by atoms with Crippen molar-refractivity contribution in [3.63, 3.8) is 0 Å². The molecule has 0 saturated carbocycles. The van der Waals surface area contributed by atoms with Gasteiger partial charge in [0, 0.05) is 54.8 Å². The molecule has 0 bridgehead atoms. The van der Waals surface area contributed by atoms with Crippen LogP contribution in [0.2, 0.25) is 0 Å². The van der Waals surface area contributed by atoms with Crippen molar-refractivity contribution in [1.82, 2.24) is 28.2 Å². The minimum absolute atomic E-state index is 0.621. The summed E-state index contributed by atoms with van der Waals surface area (Å²) in [5.74, 6) is 2.18. The lowest BCUT2D eigenvalue weighted by Crippen LogP contribution is -2.08. The zero-order valence-corrected chi connectivity index (χ0v) is 37.8. The van der Waals surface area contributed by atoms with E-state index in [0.717, 1.165) is 83.8 Å². The monoisotopic (exact) mass is 892 g/mol. The quantitative estimate of drug-likeness (QED) is 0.167. The first-order valence-electron chi connectivity index (χ1n) is 23.8. The maximum atomic E-state index is 5.81. The van der Waals surface area contributed by atoms with Gasteiger partial charge in [-0.25, -0.2) is 9.97 Å². The highest BCUT2D eigenvalue weighted by Gasteiger charge is 2.25. The molecule has 0 aliphatic rings. The second kappa shape index (κ2) is 15.0. The Bertz CT molecular complexity index is 4310. The van der Waals surface area contributed by atoms with E-state index in [-0.39, 0.29) is 0 Å². The van der Waals surface area contributed by atoms with Crippen LogP contribution in [0, 0.1) is 0 Å². The predicted molar refractivity (Wildman–Crippen MR) is 290 cm³/mol. The van der Waals surface area contributed by atoms with Crippen LogP contribution in [-0.4, -0.2) is 28.2 Å². The smallest absolute Gasteiger partial charge is 0.166 e. The second-order valence-corrected chi connectivity index (χ2v) is 18.1. The molecule has 0 radical (unpaired) electrons. The molecule has 15 rings (SSSR count). The number of benzene rings is 10. The van der Waals surface area contributed by atoms with Crippen molar-refractivity contribution in [3.8, 4) is 45.5 Å². The van der Waals surface area contributed by atoms with Crippen molar-refractivity contribution < 1.29 is 0 Å². The SMILES string of the molecule is c1ccc(-n2c3ccccc3c3cc(-c4cccc(-n5c6ccccc6c6ccccc65)c4-c4nc(-n5c6ccccc6c6ccccc65)cc(-n5c6ccccc6c6ccccc65)n4)ccc32)cc1. The number of fused-ring (bicyclic) bond motifs is 12. The molecule has 0 unspecified atom stereocenters. The summed E-state index contributed by atoms with van der Waals surface area (Å²) >= 11 is 0. The van der Waals surface area contributed by atoms with Crippen LogP contribution in [0.1, 0.15) is 0 Å². The van der Waals surface area contributed by atoms with Gasteiger partial charge in [-0.05, 0) is 83.9 Å². The van der Waals surface area contributed by atoms with E-state index in [2.05, 4.69) is 261 Å². The van der Waals surface area contributed by atoms with Crippen LogP contribution in [-0.2, 0) is 0 Å². The van der Waals surface area contributed by atoms with Gasteiger partial charge in [0.25, 0.3) is 0 Å². The molecule has 10 aromatic carbocycles. The number of hydrogen-bond acceptors (Lipinski definition) is 2. The van der Waals surface area contributed by atoms with Crippen molar-refractivity contribution in [2.75, 3.05) is 0 Å². The van der Waals surface area contributed by atoms with E-state index in [1.807, 2.05) is 0 Å². The summed E-state index contributed by atoms with van der Waals surface area (Å²) in [6, 6.07) is 87.3. The minimum atomic E-state index is 0.621. The first-order chi connectivity index (χ1) is 34.8. The van der Waals surface area contributed by atoms with E-state index in [4.69, 9.17) is 9.97 Å². The number of para-hydroxylation sites is 8. The van der Waals surface area contributed by atoms with Gasteiger partial charge in [0.05, 0.1) is 55.4 Å². The highest BCUT2D eigenvalue weighted by molar-refractivity contribution is 6.14. The Kier molecular flexibility index (Phi) is 8.26. The summed E-state index contributed by atoms with van der Waals surface area (Å²) in [6.07, 6.45) is 0. The van der Waals surface area contributed by atoms with E-state index in [0.29, 0.717) is 5.82 Å². The Morgan fingerprint density at radius 1 is 0.257 bits per heavy atom. The maximum Gasteiger partial charge on any atom is 0.166 e. The molecule has 5 heterocycles. The van der Waals surface area contributed by atoms with Crippen LogP contribution < -0.4 is 0 Å². The van der Waals surface area contributed by atoms with Crippen LogP contribution in [0.3, 0.4) is 0 Å². The maximum absolute atomic E-state index is 5.81. The van der Waals surface area contributed by atoms with Gasteiger partial charge in [-0.3, -0.25) is 9.13 Å². The van der Waals surface area contributed by atoms with Crippen LogP contribution in [0.25, 0.3) is 133 Å². The van der Waals surface area contributed by atoms with Gasteiger partial charge < -0.3 is 9.13 Å². The summed E-state index contributed by atoms with van der Waals surface area (Å²) in [7, 11) is 0. The molecule has 5 aromatic heterocycles. The molecule has 15 aromatic rings. The fraction of sp³-hybridized carbons (Fsp3) is 0. The van der Waals surface area contributed by atoms with Gasteiger partial charge in [0.2, 0.25) is 0 Å². The zero-order chi connectivity index (χ0) is 45.9. The largest absolute Gasteiger partial charge is 0.309 e. The highest BCUT2D eigenvalue weighted by Crippen LogP contribution is 2.44. The van der Waals surface area contributed by atoms with Crippen molar-refractivity contribution in [1.29, 1.82) is 0 Å². The molecule has 6 nitrogen and oxygen atoms in total. The van der Waals surface area contributed by atoms with E-state index in [1.54, 1.807) is 0 Å². The standard InChI is InChI=1S/C64H40N6/c1-2-19-42(20-3-1)67-52-29-11-10-27-50(52)51-39-41(37-38-59(51)67)43-28-18-36-60(68-53-30-12-4-21-44(53)45-22-5-13-31-54(45)68)63(43)64-65-61(69-55-32-14-6-23-46(55)47-24-7-15-33-56(47)69)40-62(66-64)70-57-34-16-8-25-48(57)49-26-9-17-35-58(49)70/h1-40H. The van der Waals surface area contributed by atoms with Crippen LogP contribution in [0.15, 0.2) is 243 Å². The van der Waals surface area contributed by atoms with Gasteiger partial charge in [0.1, 0.15) is 11.6 Å². The van der Waals surface area contributed by atoms with E-state index < -0.39 is 0 Å². The second-order valence-electron chi connectivity index (χ2n) is 18.1. The lowest BCUT2D eigenvalue weighted by molar-refractivity contribution is 0.991.